The van der Waals surface area contributed by atoms with Crippen molar-refractivity contribution < 1.29 is 13.5 Å². The number of ether oxygens (including phenoxy) is 1. The number of hydrogen-bond donors (Lipinski definition) is 1. The molecule has 4 nitrogen and oxygen atoms in total. The number of rotatable bonds is 5. The SMILES string of the molecule is Cc1csc(NN=Cc2ccc(Cl)cc2OC(F)F)n1. The van der Waals surface area contributed by atoms with Gasteiger partial charge in [0.25, 0.3) is 0 Å². The van der Waals surface area contributed by atoms with Crippen LogP contribution in [0.2, 0.25) is 5.02 Å². The van der Waals surface area contributed by atoms with Gasteiger partial charge in [-0.2, -0.15) is 13.9 Å². The molecule has 1 N–H and O–H groups in total. The predicted octanol–water partition coefficient (Wildman–Crippen LogP) is 4.15. The van der Waals surface area contributed by atoms with Crippen molar-refractivity contribution in [3.05, 3.63) is 39.9 Å². The number of nitrogens with one attached hydrogen (secondary N) is 1. The standard InChI is InChI=1S/C12H10ClF2N3OS/c1-7-6-20-12(17-7)18-16-5-8-2-3-9(13)4-10(8)19-11(14)15/h2-6,11H,1H3,(H,17,18). The van der Waals surface area contributed by atoms with Crippen LogP contribution in [0.5, 0.6) is 5.75 Å². The van der Waals surface area contributed by atoms with Gasteiger partial charge >= 0.3 is 6.61 Å². The normalized spacial score (nSPS) is 11.2. The van der Waals surface area contributed by atoms with E-state index in [1.54, 1.807) is 12.1 Å². The second-order valence-corrected chi connectivity index (χ2v) is 5.02. The first-order chi connectivity index (χ1) is 9.54. The molecule has 0 radical (unpaired) electrons. The molecule has 0 unspecified atom stereocenters. The van der Waals surface area contributed by atoms with Crippen molar-refractivity contribution in [3.8, 4) is 5.75 Å². The molecule has 0 aliphatic rings. The molecule has 0 atom stereocenters. The van der Waals surface area contributed by atoms with Gasteiger partial charge in [-0.05, 0) is 25.1 Å². The molecule has 2 rings (SSSR count). The van der Waals surface area contributed by atoms with Crippen molar-refractivity contribution in [2.75, 3.05) is 5.43 Å². The number of hydrogen-bond acceptors (Lipinski definition) is 5. The molecule has 106 valence electrons. The zero-order valence-electron chi connectivity index (χ0n) is 10.3. The van der Waals surface area contributed by atoms with E-state index in [4.69, 9.17) is 11.6 Å². The van der Waals surface area contributed by atoms with Crippen LogP contribution < -0.4 is 10.2 Å². The molecule has 2 aromatic rings. The van der Waals surface area contributed by atoms with Crippen molar-refractivity contribution in [1.82, 2.24) is 4.98 Å². The zero-order chi connectivity index (χ0) is 14.5. The third-order valence-electron chi connectivity index (χ3n) is 2.17. The molecule has 0 amide bonds. The van der Waals surface area contributed by atoms with E-state index in [1.807, 2.05) is 12.3 Å². The van der Waals surface area contributed by atoms with E-state index in [2.05, 4.69) is 20.2 Å². The van der Waals surface area contributed by atoms with E-state index in [1.165, 1.54) is 23.6 Å². The number of hydrazone groups is 1. The second kappa shape index (κ2) is 6.62. The van der Waals surface area contributed by atoms with Crippen LogP contribution in [0.4, 0.5) is 13.9 Å². The van der Waals surface area contributed by atoms with Crippen molar-refractivity contribution in [2.24, 2.45) is 5.10 Å². The summed E-state index contributed by atoms with van der Waals surface area (Å²) in [6.45, 7) is -1.06. The van der Waals surface area contributed by atoms with Gasteiger partial charge in [-0.15, -0.1) is 11.3 Å². The fourth-order valence-electron chi connectivity index (χ4n) is 1.38. The second-order valence-electron chi connectivity index (χ2n) is 3.72. The molecule has 0 saturated carbocycles. The monoisotopic (exact) mass is 317 g/mol. The summed E-state index contributed by atoms with van der Waals surface area (Å²) in [4.78, 5) is 4.15. The van der Waals surface area contributed by atoms with E-state index in [0.717, 1.165) is 5.69 Å². The van der Waals surface area contributed by atoms with Crippen molar-refractivity contribution in [3.63, 3.8) is 0 Å². The Labute approximate surface area is 123 Å². The molecule has 0 aliphatic carbocycles. The summed E-state index contributed by atoms with van der Waals surface area (Å²) in [6, 6.07) is 4.41. The van der Waals surface area contributed by atoms with Gasteiger partial charge < -0.3 is 4.74 Å². The third-order valence-corrected chi connectivity index (χ3v) is 3.27. The molecule has 20 heavy (non-hydrogen) atoms. The summed E-state index contributed by atoms with van der Waals surface area (Å²) < 4.78 is 29.0. The molecule has 8 heteroatoms. The topological polar surface area (TPSA) is 46.5 Å². The molecule has 1 aromatic heterocycles. The number of aryl methyl sites for hydroxylation is 1. The fraction of sp³-hybridized carbons (Fsp3) is 0.167. The Morgan fingerprint density at radius 3 is 2.95 bits per heavy atom. The highest BCUT2D eigenvalue weighted by Crippen LogP contribution is 2.24. The first kappa shape index (κ1) is 14.7. The van der Waals surface area contributed by atoms with E-state index < -0.39 is 6.61 Å². The Morgan fingerprint density at radius 2 is 2.30 bits per heavy atom. The number of thiazole rings is 1. The third kappa shape index (κ3) is 4.14. The van der Waals surface area contributed by atoms with Crippen LogP contribution in [-0.2, 0) is 0 Å². The minimum absolute atomic E-state index is 0.0339. The summed E-state index contributed by atoms with van der Waals surface area (Å²) >= 11 is 7.13. The lowest BCUT2D eigenvalue weighted by atomic mass is 10.2. The molecule has 0 saturated heterocycles. The quantitative estimate of drug-likeness (QED) is 0.665. The molecule has 1 heterocycles. The minimum atomic E-state index is -2.92. The molecular formula is C12H10ClF2N3OS. The fourth-order valence-corrected chi connectivity index (χ4v) is 2.17. The molecule has 1 aromatic carbocycles. The van der Waals surface area contributed by atoms with E-state index in [0.29, 0.717) is 15.7 Å². The van der Waals surface area contributed by atoms with Gasteiger partial charge in [-0.25, -0.2) is 4.98 Å². The van der Waals surface area contributed by atoms with E-state index in [-0.39, 0.29) is 5.75 Å². The van der Waals surface area contributed by atoms with Crippen LogP contribution in [-0.4, -0.2) is 17.8 Å². The van der Waals surface area contributed by atoms with Gasteiger partial charge in [0, 0.05) is 16.0 Å². The van der Waals surface area contributed by atoms with Crippen molar-refractivity contribution >= 4 is 34.3 Å². The number of aromatic nitrogens is 1. The lowest BCUT2D eigenvalue weighted by Gasteiger charge is -2.07. The zero-order valence-corrected chi connectivity index (χ0v) is 11.9. The molecule has 0 aliphatic heterocycles. The Kier molecular flexibility index (Phi) is 4.86. The molecule has 0 spiro atoms. The maximum atomic E-state index is 12.3. The highest BCUT2D eigenvalue weighted by atomic mass is 35.5. The number of alkyl halides is 2. The predicted molar refractivity (Wildman–Crippen MR) is 76.2 cm³/mol. The number of anilines is 1. The van der Waals surface area contributed by atoms with Gasteiger partial charge in [0.05, 0.1) is 11.9 Å². The van der Waals surface area contributed by atoms with Crippen LogP contribution >= 0.6 is 22.9 Å². The van der Waals surface area contributed by atoms with Gasteiger partial charge in [0.2, 0.25) is 5.13 Å². The van der Waals surface area contributed by atoms with Crippen LogP contribution in [0, 0.1) is 6.92 Å². The largest absolute Gasteiger partial charge is 0.434 e. The minimum Gasteiger partial charge on any atom is -0.434 e. The first-order valence-electron chi connectivity index (χ1n) is 5.50. The van der Waals surface area contributed by atoms with Gasteiger partial charge in [-0.1, -0.05) is 11.6 Å². The summed E-state index contributed by atoms with van der Waals surface area (Å²) in [5.74, 6) is -0.0339. The summed E-state index contributed by atoms with van der Waals surface area (Å²) in [5, 5.41) is 6.72. The maximum absolute atomic E-state index is 12.3. The number of benzene rings is 1. The van der Waals surface area contributed by atoms with Gasteiger partial charge in [0.15, 0.2) is 0 Å². The molecule has 0 bridgehead atoms. The maximum Gasteiger partial charge on any atom is 0.387 e. The van der Waals surface area contributed by atoms with Crippen LogP contribution in [0.1, 0.15) is 11.3 Å². The summed E-state index contributed by atoms with van der Waals surface area (Å²) in [6.07, 6.45) is 1.37. The number of halogens is 3. The van der Waals surface area contributed by atoms with Crippen LogP contribution in [0.25, 0.3) is 0 Å². The van der Waals surface area contributed by atoms with E-state index in [9.17, 15) is 8.78 Å². The van der Waals surface area contributed by atoms with Gasteiger partial charge in [0.1, 0.15) is 5.75 Å². The lowest BCUT2D eigenvalue weighted by Crippen LogP contribution is -2.04. The van der Waals surface area contributed by atoms with Gasteiger partial charge in [-0.3, -0.25) is 5.43 Å². The average molecular weight is 318 g/mol. The first-order valence-corrected chi connectivity index (χ1v) is 6.76. The molecule has 0 fully saturated rings. The van der Waals surface area contributed by atoms with Crippen LogP contribution in [0.15, 0.2) is 28.7 Å². The van der Waals surface area contributed by atoms with Crippen molar-refractivity contribution in [2.45, 2.75) is 13.5 Å². The average Bonchev–Trinajstić information content (AvgIpc) is 2.77. The highest BCUT2D eigenvalue weighted by Gasteiger charge is 2.09. The Hall–Kier alpha value is -1.73. The lowest BCUT2D eigenvalue weighted by molar-refractivity contribution is -0.0499. The van der Waals surface area contributed by atoms with Crippen LogP contribution in [0.3, 0.4) is 0 Å². The Balaban J connectivity index is 2.11. The molecular weight excluding hydrogens is 308 g/mol. The Bertz CT molecular complexity index is 618. The van der Waals surface area contributed by atoms with Crippen molar-refractivity contribution in [1.29, 1.82) is 0 Å². The highest BCUT2D eigenvalue weighted by molar-refractivity contribution is 7.13. The summed E-state index contributed by atoms with van der Waals surface area (Å²) in [7, 11) is 0. The smallest absolute Gasteiger partial charge is 0.387 e. The van der Waals surface area contributed by atoms with E-state index >= 15 is 0 Å². The summed E-state index contributed by atoms with van der Waals surface area (Å²) in [5.41, 5.74) is 3.97. The Morgan fingerprint density at radius 1 is 1.50 bits per heavy atom. The number of nitrogens with zero attached hydrogens (tertiary/aromatic N) is 2.